The summed E-state index contributed by atoms with van der Waals surface area (Å²) >= 11 is 0. The molecule has 13 nitrogen and oxygen atoms in total. The van der Waals surface area contributed by atoms with Crippen molar-refractivity contribution in [2.75, 3.05) is 49.0 Å². The molecule has 308 valence electrons. The molecule has 0 radical (unpaired) electrons. The number of carbonyl (C=O) groups excluding carboxylic acids is 4. The lowest BCUT2D eigenvalue weighted by Crippen LogP contribution is -2.59. The van der Waals surface area contributed by atoms with Gasteiger partial charge in [0.05, 0.1) is 49.8 Å². The van der Waals surface area contributed by atoms with Crippen molar-refractivity contribution in [3.05, 3.63) is 29.8 Å². The Bertz CT molecular complexity index is 1330. The number of rotatable bonds is 21. The summed E-state index contributed by atoms with van der Waals surface area (Å²) < 4.78 is 17.2. The van der Waals surface area contributed by atoms with Crippen LogP contribution in [0.3, 0.4) is 0 Å². The number of methoxy groups -OCH3 is 3. The van der Waals surface area contributed by atoms with E-state index in [1.165, 1.54) is 0 Å². The molecule has 4 N–H and O–H groups in total. The van der Waals surface area contributed by atoms with Gasteiger partial charge in [-0.2, -0.15) is 0 Å². The summed E-state index contributed by atoms with van der Waals surface area (Å²) in [6.45, 7) is 16.1. The van der Waals surface area contributed by atoms with E-state index in [0.29, 0.717) is 13.0 Å². The number of benzene rings is 1. The highest BCUT2D eigenvalue weighted by atomic mass is 16.5. The Morgan fingerprint density at radius 2 is 1.50 bits per heavy atom. The number of nitrogens with zero attached hydrogens (tertiary/aromatic N) is 3. The lowest BCUT2D eigenvalue weighted by molar-refractivity contribution is -0.148. The fourth-order valence-corrected chi connectivity index (χ4v) is 7.97. The van der Waals surface area contributed by atoms with Gasteiger partial charge in [-0.3, -0.25) is 24.1 Å². The molecule has 2 rings (SSSR count). The second-order valence-electron chi connectivity index (χ2n) is 16.1. The smallest absolute Gasteiger partial charge is 0.245 e. The summed E-state index contributed by atoms with van der Waals surface area (Å²) in [5, 5.41) is 6.11. The topological polar surface area (TPSA) is 156 Å². The van der Waals surface area contributed by atoms with Gasteiger partial charge in [-0.05, 0) is 69.3 Å². The van der Waals surface area contributed by atoms with Crippen molar-refractivity contribution < 1.29 is 33.4 Å². The van der Waals surface area contributed by atoms with Gasteiger partial charge < -0.3 is 40.4 Å². The molecule has 1 saturated heterocycles. The van der Waals surface area contributed by atoms with Crippen LogP contribution in [-0.2, 0) is 28.7 Å². The summed E-state index contributed by atoms with van der Waals surface area (Å²) in [5.41, 5.74) is 7.39. The van der Waals surface area contributed by atoms with Crippen LogP contribution in [0.2, 0.25) is 0 Å². The van der Waals surface area contributed by atoms with Crippen LogP contribution >= 0.6 is 0 Å². The maximum Gasteiger partial charge on any atom is 0.245 e. The van der Waals surface area contributed by atoms with Crippen LogP contribution in [-0.4, -0.2) is 130 Å². The zero-order valence-electron chi connectivity index (χ0n) is 35.5. The van der Waals surface area contributed by atoms with E-state index in [-0.39, 0.29) is 59.9 Å². The Balaban J connectivity index is 2.25. The second kappa shape index (κ2) is 21.7. The SMILES string of the molecule is CCC(C)C([C@@H](CC(=O)N1CCC[C@H]1[C@H](OC)[C@@H](C)C(=O)N[C@H](C)C(N)c1ccc(OC)cc1)OC)N(C)C(=O)[C@@H](NC(=O)C(C(C)C)N(C)C)C(C)C. The van der Waals surface area contributed by atoms with Crippen molar-refractivity contribution in [1.29, 1.82) is 0 Å². The number of hydrogen-bond acceptors (Lipinski definition) is 9. The van der Waals surface area contributed by atoms with Crippen LogP contribution < -0.4 is 21.1 Å². The van der Waals surface area contributed by atoms with Crippen LogP contribution in [0, 0.1) is 23.7 Å². The zero-order chi connectivity index (χ0) is 41.0. The molecular weight excluding hydrogens is 688 g/mol. The lowest BCUT2D eigenvalue weighted by Gasteiger charge is -2.41. The summed E-state index contributed by atoms with van der Waals surface area (Å²) in [6.07, 6.45) is 1.08. The molecule has 0 aliphatic carbocycles. The maximum absolute atomic E-state index is 14.2. The van der Waals surface area contributed by atoms with Gasteiger partial charge in [-0.15, -0.1) is 0 Å². The van der Waals surface area contributed by atoms with E-state index in [1.54, 1.807) is 33.3 Å². The van der Waals surface area contributed by atoms with Crippen molar-refractivity contribution in [1.82, 2.24) is 25.3 Å². The molecule has 0 saturated carbocycles. The minimum atomic E-state index is -0.755. The van der Waals surface area contributed by atoms with Gasteiger partial charge in [0.25, 0.3) is 0 Å². The van der Waals surface area contributed by atoms with E-state index in [4.69, 9.17) is 19.9 Å². The van der Waals surface area contributed by atoms with E-state index in [2.05, 4.69) is 17.6 Å². The van der Waals surface area contributed by atoms with Gasteiger partial charge in [0, 0.05) is 39.9 Å². The molecule has 1 aromatic carbocycles. The Kier molecular flexibility index (Phi) is 18.9. The van der Waals surface area contributed by atoms with Crippen LogP contribution in [0.25, 0.3) is 0 Å². The average molecular weight is 761 g/mol. The predicted octanol–water partition coefficient (Wildman–Crippen LogP) is 3.85. The minimum absolute atomic E-state index is 0.0125. The van der Waals surface area contributed by atoms with Gasteiger partial charge >= 0.3 is 0 Å². The first-order valence-electron chi connectivity index (χ1n) is 19.6. The summed E-state index contributed by atoms with van der Waals surface area (Å²) in [6, 6.07) is 4.75. The molecule has 1 fully saturated rings. The first kappa shape index (κ1) is 46.9. The highest BCUT2D eigenvalue weighted by Gasteiger charge is 2.43. The summed E-state index contributed by atoms with van der Waals surface area (Å²) in [7, 11) is 10.2. The van der Waals surface area contributed by atoms with Crippen LogP contribution in [0.5, 0.6) is 5.75 Å². The molecule has 10 atom stereocenters. The van der Waals surface area contributed by atoms with Crippen LogP contribution in [0.15, 0.2) is 24.3 Å². The number of amides is 4. The molecule has 1 aromatic rings. The van der Waals surface area contributed by atoms with Gasteiger partial charge in [0.15, 0.2) is 0 Å². The number of nitrogens with two attached hydrogens (primary N) is 1. The Morgan fingerprint density at radius 3 is 1.98 bits per heavy atom. The third-order valence-corrected chi connectivity index (χ3v) is 11.4. The van der Waals surface area contributed by atoms with Crippen molar-refractivity contribution in [2.24, 2.45) is 29.4 Å². The molecule has 1 aliphatic rings. The van der Waals surface area contributed by atoms with E-state index >= 15 is 0 Å². The van der Waals surface area contributed by atoms with E-state index < -0.39 is 42.3 Å². The van der Waals surface area contributed by atoms with Crippen LogP contribution in [0.4, 0.5) is 0 Å². The highest BCUT2D eigenvalue weighted by Crippen LogP contribution is 2.30. The Labute approximate surface area is 325 Å². The quantitative estimate of drug-likeness (QED) is 0.170. The van der Waals surface area contributed by atoms with Crippen molar-refractivity contribution in [3.8, 4) is 5.75 Å². The van der Waals surface area contributed by atoms with Crippen molar-refractivity contribution >= 4 is 23.6 Å². The fraction of sp³-hybridized carbons (Fsp3) is 0.756. The molecule has 0 spiro atoms. The second-order valence-corrected chi connectivity index (χ2v) is 16.1. The number of ether oxygens (including phenoxy) is 3. The lowest BCUT2D eigenvalue weighted by atomic mass is 9.89. The number of likely N-dealkylation sites (N-methyl/N-ethyl adjacent to an activating group) is 2. The number of carbonyl (C=O) groups is 4. The normalized spacial score (nSPS) is 19.7. The Morgan fingerprint density at radius 1 is 0.889 bits per heavy atom. The minimum Gasteiger partial charge on any atom is -0.497 e. The maximum atomic E-state index is 14.2. The molecule has 13 heteroatoms. The van der Waals surface area contributed by atoms with E-state index in [9.17, 15) is 19.2 Å². The first-order valence-corrected chi connectivity index (χ1v) is 19.6. The van der Waals surface area contributed by atoms with Gasteiger partial charge in [-0.1, -0.05) is 67.0 Å². The molecule has 0 bridgehead atoms. The third kappa shape index (κ3) is 11.9. The molecule has 0 aromatic heterocycles. The molecule has 1 heterocycles. The molecular formula is C41H72N6O7. The van der Waals surface area contributed by atoms with Gasteiger partial charge in [-0.25, -0.2) is 0 Å². The van der Waals surface area contributed by atoms with E-state index in [1.807, 2.05) is 96.6 Å². The fourth-order valence-electron chi connectivity index (χ4n) is 7.97. The average Bonchev–Trinajstić information content (AvgIpc) is 3.62. The van der Waals surface area contributed by atoms with Gasteiger partial charge in [0.1, 0.15) is 11.8 Å². The summed E-state index contributed by atoms with van der Waals surface area (Å²) in [5.74, 6) is -0.726. The molecule has 1 aliphatic heterocycles. The largest absolute Gasteiger partial charge is 0.497 e. The monoisotopic (exact) mass is 761 g/mol. The number of likely N-dealkylation sites (tertiary alicyclic amines) is 1. The molecule has 4 amide bonds. The third-order valence-electron chi connectivity index (χ3n) is 11.4. The predicted molar refractivity (Wildman–Crippen MR) is 213 cm³/mol. The van der Waals surface area contributed by atoms with Gasteiger partial charge in [0.2, 0.25) is 23.6 Å². The zero-order valence-corrected chi connectivity index (χ0v) is 35.5. The van der Waals surface area contributed by atoms with Crippen molar-refractivity contribution in [2.45, 2.75) is 130 Å². The first-order chi connectivity index (χ1) is 25.4. The molecule has 4 unspecified atom stereocenters. The standard InChI is InChI=1S/C41H72N6O7/c1-15-26(6)37(46(11)41(51)35(24(2)3)44-40(50)36(25(4)5)45(9)10)32(53-13)23-33(48)47-22-16-17-31(47)38(54-14)27(7)39(49)43-28(8)34(42)29-18-20-30(52-12)21-19-29/h18-21,24-28,31-32,34-38H,15-17,22-23,42H2,1-14H3,(H,43,49)(H,44,50)/t26?,27-,28-,31+,32-,34?,35+,36?,37?,38-/m1/s1. The highest BCUT2D eigenvalue weighted by molar-refractivity contribution is 5.90. The van der Waals surface area contributed by atoms with E-state index in [0.717, 1.165) is 24.2 Å². The number of hydrogen-bond donors (Lipinski definition) is 3. The van der Waals surface area contributed by atoms with Crippen molar-refractivity contribution in [3.63, 3.8) is 0 Å². The Hall–Kier alpha value is -3.26. The summed E-state index contributed by atoms with van der Waals surface area (Å²) in [4.78, 5) is 60.8. The number of nitrogens with one attached hydrogen (secondary N) is 2. The molecule has 54 heavy (non-hydrogen) atoms. The van der Waals surface area contributed by atoms with Crippen LogP contribution in [0.1, 0.15) is 92.7 Å².